The summed E-state index contributed by atoms with van der Waals surface area (Å²) < 4.78 is 8.10. The summed E-state index contributed by atoms with van der Waals surface area (Å²) in [6, 6.07) is 6.66. The molecule has 1 aliphatic heterocycles. The minimum atomic E-state index is -0.0229. The molecule has 35 heavy (non-hydrogen) atoms. The molecular weight excluding hydrogens is 440 g/mol. The quantitative estimate of drug-likeness (QED) is 0.502. The fraction of sp³-hybridized carbons (Fsp3) is 0.630. The van der Waals surface area contributed by atoms with Crippen LogP contribution in [-0.4, -0.2) is 49.3 Å². The van der Waals surface area contributed by atoms with Crippen LogP contribution in [0, 0.1) is 13.8 Å². The average molecular weight is 479 g/mol. The SMILES string of the molecule is CC[C@@H](c1nnnn1C1CCCCC1)N(Cc1cc2ccc(C)c(C)c2[nH]c1=O)C[C@@H]1CCCO1. The molecule has 1 aromatic carbocycles. The van der Waals surface area contributed by atoms with E-state index in [0.717, 1.165) is 73.1 Å². The van der Waals surface area contributed by atoms with Gasteiger partial charge in [0.05, 0.1) is 23.7 Å². The first-order valence-electron chi connectivity index (χ1n) is 13.3. The first-order chi connectivity index (χ1) is 17.0. The number of nitrogens with one attached hydrogen (secondary N) is 1. The van der Waals surface area contributed by atoms with Gasteiger partial charge in [-0.2, -0.15) is 0 Å². The fourth-order valence-corrected chi connectivity index (χ4v) is 5.87. The van der Waals surface area contributed by atoms with Gasteiger partial charge in [0.15, 0.2) is 5.82 Å². The molecule has 2 aromatic heterocycles. The second-order valence-corrected chi connectivity index (χ2v) is 10.4. The zero-order valence-electron chi connectivity index (χ0n) is 21.3. The van der Waals surface area contributed by atoms with Crippen molar-refractivity contribution in [3.8, 4) is 0 Å². The van der Waals surface area contributed by atoms with Crippen molar-refractivity contribution in [2.45, 2.75) is 96.9 Å². The lowest BCUT2D eigenvalue weighted by Gasteiger charge is -2.33. The van der Waals surface area contributed by atoms with Crippen LogP contribution < -0.4 is 5.56 Å². The van der Waals surface area contributed by atoms with Gasteiger partial charge in [-0.3, -0.25) is 9.69 Å². The van der Waals surface area contributed by atoms with Crippen LogP contribution in [0.1, 0.15) is 92.9 Å². The van der Waals surface area contributed by atoms with Gasteiger partial charge in [0.25, 0.3) is 5.56 Å². The number of hydrogen-bond donors (Lipinski definition) is 1. The lowest BCUT2D eigenvalue weighted by molar-refractivity contribution is 0.0481. The van der Waals surface area contributed by atoms with E-state index in [1.165, 1.54) is 24.8 Å². The van der Waals surface area contributed by atoms with Crippen molar-refractivity contribution in [2.75, 3.05) is 13.2 Å². The lowest BCUT2D eigenvalue weighted by Crippen LogP contribution is -2.38. The van der Waals surface area contributed by atoms with E-state index in [1.807, 2.05) is 0 Å². The largest absolute Gasteiger partial charge is 0.377 e. The van der Waals surface area contributed by atoms with Crippen LogP contribution in [0.5, 0.6) is 0 Å². The third-order valence-corrected chi connectivity index (χ3v) is 8.03. The second kappa shape index (κ2) is 10.6. The van der Waals surface area contributed by atoms with Crippen molar-refractivity contribution in [3.05, 3.63) is 51.1 Å². The van der Waals surface area contributed by atoms with E-state index in [9.17, 15) is 4.79 Å². The molecule has 8 nitrogen and oxygen atoms in total. The van der Waals surface area contributed by atoms with Crippen LogP contribution in [0.4, 0.5) is 0 Å². The smallest absolute Gasteiger partial charge is 0.252 e. The molecule has 3 aromatic rings. The Kier molecular flexibility index (Phi) is 7.29. The number of aryl methyl sites for hydroxylation is 2. The van der Waals surface area contributed by atoms with Crippen LogP contribution in [0.25, 0.3) is 10.9 Å². The summed E-state index contributed by atoms with van der Waals surface area (Å²) in [6.07, 6.45) is 9.18. The Hall–Kier alpha value is -2.58. The molecule has 2 aliphatic rings. The third kappa shape index (κ3) is 5.05. The number of aromatic amines is 1. The molecule has 1 saturated heterocycles. The van der Waals surface area contributed by atoms with E-state index in [1.54, 1.807) is 0 Å². The number of nitrogens with zero attached hydrogens (tertiary/aromatic N) is 5. The minimum Gasteiger partial charge on any atom is -0.377 e. The summed E-state index contributed by atoms with van der Waals surface area (Å²) in [5.74, 6) is 0.918. The summed E-state index contributed by atoms with van der Waals surface area (Å²) >= 11 is 0. The number of H-pyrrole nitrogens is 1. The van der Waals surface area contributed by atoms with Gasteiger partial charge in [0, 0.05) is 25.3 Å². The van der Waals surface area contributed by atoms with Gasteiger partial charge < -0.3 is 9.72 Å². The predicted molar refractivity (Wildman–Crippen MR) is 136 cm³/mol. The first-order valence-corrected chi connectivity index (χ1v) is 13.3. The van der Waals surface area contributed by atoms with Gasteiger partial charge in [0.1, 0.15) is 0 Å². The van der Waals surface area contributed by atoms with Crippen LogP contribution in [0.3, 0.4) is 0 Å². The summed E-state index contributed by atoms with van der Waals surface area (Å²) in [5, 5.41) is 14.1. The van der Waals surface area contributed by atoms with Gasteiger partial charge in [0.2, 0.25) is 0 Å². The zero-order valence-corrected chi connectivity index (χ0v) is 21.3. The van der Waals surface area contributed by atoms with Gasteiger partial charge >= 0.3 is 0 Å². The van der Waals surface area contributed by atoms with Crippen LogP contribution >= 0.6 is 0 Å². The molecule has 3 heterocycles. The van der Waals surface area contributed by atoms with E-state index in [0.29, 0.717) is 12.6 Å². The number of benzene rings is 1. The highest BCUT2D eigenvalue weighted by Gasteiger charge is 2.31. The Morgan fingerprint density at radius 3 is 2.74 bits per heavy atom. The topological polar surface area (TPSA) is 88.9 Å². The molecule has 0 radical (unpaired) electrons. The third-order valence-electron chi connectivity index (χ3n) is 8.03. The molecule has 0 unspecified atom stereocenters. The Morgan fingerprint density at radius 2 is 2.00 bits per heavy atom. The number of tetrazole rings is 1. The number of rotatable bonds is 8. The van der Waals surface area contributed by atoms with Crippen molar-refractivity contribution in [2.24, 2.45) is 0 Å². The van der Waals surface area contributed by atoms with Crippen molar-refractivity contribution in [1.82, 2.24) is 30.1 Å². The molecule has 8 heteroatoms. The van der Waals surface area contributed by atoms with Crippen molar-refractivity contribution < 1.29 is 4.74 Å². The van der Waals surface area contributed by atoms with E-state index in [-0.39, 0.29) is 17.7 Å². The molecular formula is C27H38N6O2. The van der Waals surface area contributed by atoms with Crippen LogP contribution in [-0.2, 0) is 11.3 Å². The fourth-order valence-electron chi connectivity index (χ4n) is 5.87. The number of ether oxygens (including phenoxy) is 1. The van der Waals surface area contributed by atoms with Crippen molar-refractivity contribution in [1.29, 1.82) is 0 Å². The second-order valence-electron chi connectivity index (χ2n) is 10.4. The molecule has 1 N–H and O–H groups in total. The Labute approximate surface area is 207 Å². The van der Waals surface area contributed by atoms with Gasteiger partial charge in [-0.15, -0.1) is 5.10 Å². The van der Waals surface area contributed by atoms with Crippen LogP contribution in [0.2, 0.25) is 0 Å². The van der Waals surface area contributed by atoms with Crippen molar-refractivity contribution >= 4 is 10.9 Å². The normalized spacial score (nSPS) is 20.2. The molecule has 188 valence electrons. The molecule has 1 aliphatic carbocycles. The van der Waals surface area contributed by atoms with Gasteiger partial charge in [-0.05, 0) is 79.0 Å². The molecule has 0 spiro atoms. The maximum absolute atomic E-state index is 13.2. The Morgan fingerprint density at radius 1 is 1.17 bits per heavy atom. The highest BCUT2D eigenvalue weighted by Crippen LogP contribution is 2.33. The number of aromatic nitrogens is 5. The van der Waals surface area contributed by atoms with Gasteiger partial charge in [-0.25, -0.2) is 4.68 Å². The van der Waals surface area contributed by atoms with Crippen molar-refractivity contribution in [3.63, 3.8) is 0 Å². The van der Waals surface area contributed by atoms with E-state index in [2.05, 4.69) is 69.1 Å². The van der Waals surface area contributed by atoms with Gasteiger partial charge in [-0.1, -0.05) is 38.3 Å². The molecule has 0 bridgehead atoms. The molecule has 5 rings (SSSR count). The maximum atomic E-state index is 13.2. The summed E-state index contributed by atoms with van der Waals surface area (Å²) in [7, 11) is 0. The first kappa shape index (κ1) is 24.1. The zero-order chi connectivity index (χ0) is 24.4. The molecule has 0 amide bonds. The Balaban J connectivity index is 1.49. The molecule has 1 saturated carbocycles. The minimum absolute atomic E-state index is 0.0194. The van der Waals surface area contributed by atoms with E-state index < -0.39 is 0 Å². The van der Waals surface area contributed by atoms with E-state index in [4.69, 9.17) is 4.74 Å². The van der Waals surface area contributed by atoms with E-state index >= 15 is 0 Å². The summed E-state index contributed by atoms with van der Waals surface area (Å²) in [6.45, 7) is 8.44. The Bertz CT molecular complexity index is 1210. The van der Waals surface area contributed by atoms with Crippen LogP contribution in [0.15, 0.2) is 23.0 Å². The monoisotopic (exact) mass is 478 g/mol. The summed E-state index contributed by atoms with van der Waals surface area (Å²) in [4.78, 5) is 18.8. The highest BCUT2D eigenvalue weighted by atomic mass is 16.5. The standard InChI is InChI=1S/C27H38N6O2/c1-4-24(26-29-30-31-33(26)22-9-6-5-7-10-22)32(17-23-11-8-14-35-23)16-21-15-20-13-12-18(2)19(3)25(20)28-27(21)34/h12-13,15,22-24H,4-11,14,16-17H2,1-3H3,(H,28,34)/t23-,24-/m0/s1. The number of pyridine rings is 1. The summed E-state index contributed by atoms with van der Waals surface area (Å²) in [5.41, 5.74) is 3.99. The average Bonchev–Trinajstić information content (AvgIpc) is 3.56. The maximum Gasteiger partial charge on any atom is 0.252 e. The molecule has 2 atom stereocenters. The predicted octanol–water partition coefficient (Wildman–Crippen LogP) is 4.77. The number of fused-ring (bicyclic) bond motifs is 1. The lowest BCUT2D eigenvalue weighted by atomic mass is 9.95. The highest BCUT2D eigenvalue weighted by molar-refractivity contribution is 5.83. The number of hydrogen-bond acceptors (Lipinski definition) is 6. The molecule has 2 fully saturated rings.